The lowest BCUT2D eigenvalue weighted by Crippen LogP contribution is -2.10. The van der Waals surface area contributed by atoms with Crippen molar-refractivity contribution in [3.63, 3.8) is 0 Å². The lowest BCUT2D eigenvalue weighted by Gasteiger charge is -2.19. The Kier molecular flexibility index (Phi) is 4.84. The summed E-state index contributed by atoms with van der Waals surface area (Å²) in [4.78, 5) is 14.3. The van der Waals surface area contributed by atoms with Gasteiger partial charge in [0, 0.05) is 10.4 Å². The third-order valence-corrected chi connectivity index (χ3v) is 5.99. The maximum atomic E-state index is 12.4. The number of nitrogens with zero attached hydrogens (tertiary/aromatic N) is 2. The number of carbonyl (C=O) groups excluding carboxylic acids is 1. The van der Waals surface area contributed by atoms with E-state index in [0.717, 1.165) is 24.3 Å². The van der Waals surface area contributed by atoms with E-state index >= 15 is 0 Å². The van der Waals surface area contributed by atoms with Crippen LogP contribution in [0.4, 0.5) is 0 Å². The fraction of sp³-hybridized carbons (Fsp3) is 0.350. The zero-order chi connectivity index (χ0) is 17.9. The van der Waals surface area contributed by atoms with E-state index < -0.39 is 0 Å². The highest BCUT2D eigenvalue weighted by Gasteiger charge is 2.23. The van der Waals surface area contributed by atoms with Gasteiger partial charge in [0.05, 0.1) is 0 Å². The molecule has 1 unspecified atom stereocenters. The highest BCUT2D eigenvalue weighted by molar-refractivity contribution is 7.14. The molecule has 5 nitrogen and oxygen atoms in total. The Morgan fingerprint density at radius 2 is 2.15 bits per heavy atom. The first kappa shape index (κ1) is 17.0. The average molecular weight is 368 g/mol. The summed E-state index contributed by atoms with van der Waals surface area (Å²) in [5.41, 5.74) is 2.15. The molecule has 0 aliphatic heterocycles. The summed E-state index contributed by atoms with van der Waals surface area (Å²) in [5.74, 6) is 1.13. The van der Waals surface area contributed by atoms with Gasteiger partial charge in [0.2, 0.25) is 5.89 Å². The number of thiophene rings is 1. The van der Waals surface area contributed by atoms with Gasteiger partial charge < -0.3 is 9.15 Å². The minimum Gasteiger partial charge on any atom is -0.451 e. The fourth-order valence-electron chi connectivity index (χ4n) is 3.26. The van der Waals surface area contributed by atoms with Crippen LogP contribution in [-0.4, -0.2) is 16.2 Å². The van der Waals surface area contributed by atoms with Gasteiger partial charge in [0.1, 0.15) is 4.88 Å². The van der Waals surface area contributed by atoms with Crippen LogP contribution in [0.5, 0.6) is 0 Å². The van der Waals surface area contributed by atoms with E-state index in [4.69, 9.17) is 9.15 Å². The van der Waals surface area contributed by atoms with Crippen molar-refractivity contribution >= 4 is 17.3 Å². The Morgan fingerprint density at radius 3 is 2.96 bits per heavy atom. The number of aromatic nitrogens is 2. The molecule has 26 heavy (non-hydrogen) atoms. The molecule has 2 aromatic heterocycles. The molecule has 3 aromatic rings. The molecular formula is C20H20N2O3S. The number of fused-ring (bicyclic) bond motifs is 1. The smallest absolute Gasteiger partial charge is 0.348 e. The van der Waals surface area contributed by atoms with Crippen molar-refractivity contribution in [3.8, 4) is 11.5 Å². The molecule has 0 N–H and O–H groups in total. The first-order chi connectivity index (χ1) is 12.7. The van der Waals surface area contributed by atoms with E-state index in [1.807, 2.05) is 36.4 Å². The normalized spacial score (nSPS) is 16.3. The summed E-state index contributed by atoms with van der Waals surface area (Å²) in [6.45, 7) is 2.21. The Labute approximate surface area is 156 Å². The second kappa shape index (κ2) is 7.41. The van der Waals surface area contributed by atoms with Crippen LogP contribution in [0, 0.1) is 5.92 Å². The van der Waals surface area contributed by atoms with Gasteiger partial charge in [-0.25, -0.2) is 4.79 Å². The van der Waals surface area contributed by atoms with Gasteiger partial charge in [0.25, 0.3) is 5.89 Å². The molecule has 1 aromatic carbocycles. The molecule has 0 bridgehead atoms. The van der Waals surface area contributed by atoms with Crippen molar-refractivity contribution < 1.29 is 13.9 Å². The summed E-state index contributed by atoms with van der Waals surface area (Å²) >= 11 is 1.55. The standard InChI is InChI=1S/C20H20N2O3S/c1-2-13-8-9-16-15(10-13)11-17(26-16)20(23)24-12-18-21-22-19(25-18)14-6-4-3-5-7-14/h3-7,11,13H,2,8-10,12H2,1H3. The summed E-state index contributed by atoms with van der Waals surface area (Å²) in [7, 11) is 0. The molecule has 134 valence electrons. The zero-order valence-electron chi connectivity index (χ0n) is 14.6. The summed E-state index contributed by atoms with van der Waals surface area (Å²) in [6, 6.07) is 11.5. The molecule has 1 aliphatic carbocycles. The van der Waals surface area contributed by atoms with Crippen molar-refractivity contribution in [2.45, 2.75) is 39.2 Å². The number of hydrogen-bond donors (Lipinski definition) is 0. The monoisotopic (exact) mass is 368 g/mol. The molecular weight excluding hydrogens is 348 g/mol. The fourth-order valence-corrected chi connectivity index (χ4v) is 4.36. The van der Waals surface area contributed by atoms with Gasteiger partial charge in [-0.1, -0.05) is 31.5 Å². The maximum Gasteiger partial charge on any atom is 0.348 e. The largest absolute Gasteiger partial charge is 0.451 e. The predicted molar refractivity (Wildman–Crippen MR) is 99.0 cm³/mol. The van der Waals surface area contributed by atoms with E-state index in [1.165, 1.54) is 23.3 Å². The zero-order valence-corrected chi connectivity index (χ0v) is 15.4. The third-order valence-electron chi connectivity index (χ3n) is 4.78. The van der Waals surface area contributed by atoms with Crippen LogP contribution in [0.2, 0.25) is 0 Å². The average Bonchev–Trinajstić information content (AvgIpc) is 3.33. The van der Waals surface area contributed by atoms with Crippen molar-refractivity contribution in [2.75, 3.05) is 0 Å². The lowest BCUT2D eigenvalue weighted by molar-refractivity contribution is 0.0444. The highest BCUT2D eigenvalue weighted by Crippen LogP contribution is 2.33. The van der Waals surface area contributed by atoms with E-state index in [1.54, 1.807) is 11.3 Å². The molecule has 0 fully saturated rings. The van der Waals surface area contributed by atoms with Crippen molar-refractivity contribution in [1.82, 2.24) is 10.2 Å². The number of rotatable bonds is 5. The van der Waals surface area contributed by atoms with Gasteiger partial charge >= 0.3 is 5.97 Å². The van der Waals surface area contributed by atoms with Gasteiger partial charge in [-0.05, 0) is 48.9 Å². The number of esters is 1. The number of carbonyl (C=O) groups is 1. The topological polar surface area (TPSA) is 65.2 Å². The van der Waals surface area contributed by atoms with Crippen LogP contribution >= 0.6 is 11.3 Å². The van der Waals surface area contributed by atoms with Crippen molar-refractivity contribution in [1.29, 1.82) is 0 Å². The Bertz CT molecular complexity index is 901. The number of benzene rings is 1. The quantitative estimate of drug-likeness (QED) is 0.612. The van der Waals surface area contributed by atoms with E-state index in [0.29, 0.717) is 16.7 Å². The molecule has 4 rings (SSSR count). The SMILES string of the molecule is CCC1CCc2sc(C(=O)OCc3nnc(-c4ccccc4)o3)cc2C1. The minimum absolute atomic E-state index is 0.0151. The second-order valence-electron chi connectivity index (χ2n) is 6.52. The van der Waals surface area contributed by atoms with Crippen LogP contribution in [0.3, 0.4) is 0 Å². The minimum atomic E-state index is -0.322. The highest BCUT2D eigenvalue weighted by atomic mass is 32.1. The predicted octanol–water partition coefficient (Wildman–Crippen LogP) is 4.67. The molecule has 0 radical (unpaired) electrons. The summed E-state index contributed by atoms with van der Waals surface area (Å²) < 4.78 is 10.9. The molecule has 6 heteroatoms. The first-order valence-corrected chi connectivity index (χ1v) is 9.71. The lowest BCUT2D eigenvalue weighted by atomic mass is 9.87. The van der Waals surface area contributed by atoms with Crippen molar-refractivity contribution in [3.05, 3.63) is 57.6 Å². The molecule has 0 amide bonds. The van der Waals surface area contributed by atoms with E-state index in [9.17, 15) is 4.79 Å². The summed E-state index contributed by atoms with van der Waals surface area (Å²) in [5, 5.41) is 7.96. The van der Waals surface area contributed by atoms with Gasteiger partial charge in [-0.3, -0.25) is 0 Å². The van der Waals surface area contributed by atoms with E-state index in [-0.39, 0.29) is 12.6 Å². The molecule has 0 spiro atoms. The number of hydrogen-bond acceptors (Lipinski definition) is 6. The number of aryl methyl sites for hydroxylation is 1. The molecule has 0 saturated heterocycles. The van der Waals surface area contributed by atoms with Crippen LogP contribution in [0.1, 0.15) is 45.8 Å². The Hall–Kier alpha value is -2.47. The molecule has 0 saturated carbocycles. The van der Waals surface area contributed by atoms with Crippen LogP contribution < -0.4 is 0 Å². The molecule has 2 heterocycles. The third kappa shape index (κ3) is 3.55. The van der Waals surface area contributed by atoms with Crippen LogP contribution in [0.15, 0.2) is 40.8 Å². The maximum absolute atomic E-state index is 12.4. The van der Waals surface area contributed by atoms with Gasteiger partial charge in [-0.15, -0.1) is 21.5 Å². The van der Waals surface area contributed by atoms with Crippen LogP contribution in [0.25, 0.3) is 11.5 Å². The Balaban J connectivity index is 1.39. The van der Waals surface area contributed by atoms with Crippen molar-refractivity contribution in [2.24, 2.45) is 5.92 Å². The number of ether oxygens (including phenoxy) is 1. The summed E-state index contributed by atoms with van der Waals surface area (Å²) in [6.07, 6.45) is 4.54. The Morgan fingerprint density at radius 1 is 1.31 bits per heavy atom. The second-order valence-corrected chi connectivity index (χ2v) is 7.66. The molecule has 1 aliphatic rings. The van der Waals surface area contributed by atoms with Crippen LogP contribution in [-0.2, 0) is 24.2 Å². The van der Waals surface area contributed by atoms with Gasteiger partial charge in [0.15, 0.2) is 6.61 Å². The first-order valence-electron chi connectivity index (χ1n) is 8.89. The molecule has 1 atom stereocenters. The van der Waals surface area contributed by atoms with E-state index in [2.05, 4.69) is 17.1 Å². The van der Waals surface area contributed by atoms with Gasteiger partial charge in [-0.2, -0.15) is 0 Å².